The predicted octanol–water partition coefficient (Wildman–Crippen LogP) is 1.29. The molecule has 3 rings (SSSR count). The first-order valence-electron chi connectivity index (χ1n) is 7.11. The molecule has 0 aromatic carbocycles. The Labute approximate surface area is 109 Å². The summed E-state index contributed by atoms with van der Waals surface area (Å²) in [7, 11) is 2.04. The molecule has 0 amide bonds. The molecule has 1 aromatic heterocycles. The number of nitrogens with zero attached hydrogens (tertiary/aromatic N) is 3. The van der Waals surface area contributed by atoms with Crippen LogP contribution in [0.4, 0.5) is 0 Å². The number of nitrogens with two attached hydrogens (primary N) is 1. The maximum atomic E-state index is 6.27. The van der Waals surface area contributed by atoms with Crippen LogP contribution in [0.2, 0.25) is 0 Å². The van der Waals surface area contributed by atoms with E-state index in [0.29, 0.717) is 6.04 Å². The molecule has 4 heteroatoms. The van der Waals surface area contributed by atoms with Crippen LogP contribution < -0.4 is 5.73 Å². The molecule has 1 aliphatic carbocycles. The molecule has 0 radical (unpaired) electrons. The van der Waals surface area contributed by atoms with Crippen LogP contribution in [-0.4, -0.2) is 33.8 Å². The van der Waals surface area contributed by atoms with Gasteiger partial charge in [0.15, 0.2) is 0 Å². The van der Waals surface area contributed by atoms with Gasteiger partial charge < -0.3 is 5.73 Å². The zero-order valence-electron chi connectivity index (χ0n) is 11.5. The fraction of sp³-hybridized carbons (Fsp3) is 0.786. The van der Waals surface area contributed by atoms with Crippen molar-refractivity contribution < 1.29 is 0 Å². The highest BCUT2D eigenvalue weighted by atomic mass is 15.3. The van der Waals surface area contributed by atoms with Crippen molar-refractivity contribution in [1.29, 1.82) is 0 Å². The van der Waals surface area contributed by atoms with Crippen LogP contribution in [0.25, 0.3) is 0 Å². The van der Waals surface area contributed by atoms with Gasteiger partial charge in [-0.1, -0.05) is 6.42 Å². The average Bonchev–Trinajstić information content (AvgIpc) is 2.84. The third-order valence-electron chi connectivity index (χ3n) is 4.71. The summed E-state index contributed by atoms with van der Waals surface area (Å²) in [4.78, 5) is 2.57. The molecule has 3 atom stereocenters. The lowest BCUT2D eigenvalue weighted by Gasteiger charge is -2.29. The summed E-state index contributed by atoms with van der Waals surface area (Å²) in [6.07, 6.45) is 3.92. The average molecular weight is 248 g/mol. The maximum absolute atomic E-state index is 6.27. The Bertz CT molecular complexity index is 425. The third kappa shape index (κ3) is 2.19. The van der Waals surface area contributed by atoms with Gasteiger partial charge in [-0.3, -0.25) is 9.58 Å². The zero-order valence-corrected chi connectivity index (χ0v) is 11.5. The van der Waals surface area contributed by atoms with Crippen LogP contribution >= 0.6 is 0 Å². The van der Waals surface area contributed by atoms with Crippen LogP contribution in [-0.2, 0) is 13.6 Å². The Morgan fingerprint density at radius 2 is 2.22 bits per heavy atom. The fourth-order valence-electron chi connectivity index (χ4n) is 3.78. The Morgan fingerprint density at radius 1 is 1.39 bits per heavy atom. The second kappa shape index (κ2) is 4.67. The first-order chi connectivity index (χ1) is 8.63. The molecule has 100 valence electrons. The van der Waals surface area contributed by atoms with Crippen LogP contribution in [0.5, 0.6) is 0 Å². The van der Waals surface area contributed by atoms with Gasteiger partial charge in [0.2, 0.25) is 0 Å². The van der Waals surface area contributed by atoms with Gasteiger partial charge in [0.1, 0.15) is 0 Å². The van der Waals surface area contributed by atoms with E-state index in [1.165, 1.54) is 38.0 Å². The summed E-state index contributed by atoms with van der Waals surface area (Å²) < 4.78 is 2.01. The number of aryl methyl sites for hydroxylation is 2. The molecule has 4 nitrogen and oxygen atoms in total. The molecule has 1 saturated carbocycles. The molecule has 1 saturated heterocycles. The molecule has 2 heterocycles. The van der Waals surface area contributed by atoms with Crippen molar-refractivity contribution in [2.75, 3.05) is 13.1 Å². The van der Waals surface area contributed by atoms with E-state index in [1.807, 2.05) is 11.7 Å². The molecule has 1 aliphatic heterocycles. The van der Waals surface area contributed by atoms with Gasteiger partial charge in [0.25, 0.3) is 0 Å². The summed E-state index contributed by atoms with van der Waals surface area (Å²) in [6.45, 7) is 5.49. The molecule has 1 aromatic rings. The second-order valence-electron chi connectivity index (χ2n) is 6.11. The summed E-state index contributed by atoms with van der Waals surface area (Å²) in [5.41, 5.74) is 8.70. The van der Waals surface area contributed by atoms with Gasteiger partial charge in [-0.25, -0.2) is 0 Å². The Morgan fingerprint density at radius 3 is 2.89 bits per heavy atom. The Balaban J connectivity index is 1.67. The predicted molar refractivity (Wildman–Crippen MR) is 72.0 cm³/mol. The number of aromatic nitrogens is 2. The lowest BCUT2D eigenvalue weighted by Crippen LogP contribution is -2.38. The van der Waals surface area contributed by atoms with Crippen molar-refractivity contribution in [3.8, 4) is 0 Å². The Hall–Kier alpha value is -0.870. The van der Waals surface area contributed by atoms with Crippen molar-refractivity contribution in [2.45, 2.75) is 38.8 Å². The van der Waals surface area contributed by atoms with Crippen LogP contribution in [0.1, 0.15) is 30.7 Å². The fourth-order valence-corrected chi connectivity index (χ4v) is 3.78. The molecule has 18 heavy (non-hydrogen) atoms. The number of rotatable bonds is 2. The third-order valence-corrected chi connectivity index (χ3v) is 4.71. The minimum absolute atomic E-state index is 0.432. The molecular formula is C14H24N4. The summed E-state index contributed by atoms with van der Waals surface area (Å²) >= 11 is 0. The number of hydrogen-bond acceptors (Lipinski definition) is 3. The van der Waals surface area contributed by atoms with Crippen LogP contribution in [0, 0.1) is 18.8 Å². The molecule has 2 aliphatic rings. The molecule has 0 bridgehead atoms. The quantitative estimate of drug-likeness (QED) is 0.858. The van der Waals surface area contributed by atoms with Gasteiger partial charge in [0.05, 0.1) is 11.4 Å². The van der Waals surface area contributed by atoms with Gasteiger partial charge >= 0.3 is 0 Å². The number of hydrogen-bond donors (Lipinski definition) is 1. The highest BCUT2D eigenvalue weighted by Gasteiger charge is 2.38. The maximum Gasteiger partial charge on any atom is 0.0597 e. The molecule has 2 N–H and O–H groups in total. The minimum Gasteiger partial charge on any atom is -0.327 e. The normalized spacial score (nSPS) is 32.7. The van der Waals surface area contributed by atoms with E-state index in [2.05, 4.69) is 23.0 Å². The van der Waals surface area contributed by atoms with E-state index >= 15 is 0 Å². The van der Waals surface area contributed by atoms with Crippen molar-refractivity contribution in [2.24, 2.45) is 24.6 Å². The zero-order chi connectivity index (χ0) is 12.7. The lowest BCUT2D eigenvalue weighted by atomic mass is 9.78. The minimum atomic E-state index is 0.432. The summed E-state index contributed by atoms with van der Waals surface area (Å²) in [5, 5.41) is 4.42. The number of fused-ring (bicyclic) bond motifs is 1. The Kier molecular flexibility index (Phi) is 3.16. The number of likely N-dealkylation sites (tertiary alicyclic amines) is 1. The highest BCUT2D eigenvalue weighted by molar-refractivity contribution is 5.09. The first-order valence-corrected chi connectivity index (χ1v) is 7.11. The van der Waals surface area contributed by atoms with Crippen molar-refractivity contribution >= 4 is 0 Å². The van der Waals surface area contributed by atoms with Gasteiger partial charge in [0, 0.05) is 32.7 Å². The standard InChI is InChI=1S/C14H24N4/c1-10-6-12(17(2)16-10)8-18-7-11-4-3-5-14(15)13(11)9-18/h6,11,13-14H,3-5,7-9,15H2,1-2H3. The van der Waals surface area contributed by atoms with Gasteiger partial charge in [-0.2, -0.15) is 5.10 Å². The van der Waals surface area contributed by atoms with Crippen LogP contribution in [0.3, 0.4) is 0 Å². The second-order valence-corrected chi connectivity index (χ2v) is 6.11. The van der Waals surface area contributed by atoms with E-state index in [0.717, 1.165) is 24.1 Å². The van der Waals surface area contributed by atoms with E-state index in [-0.39, 0.29) is 0 Å². The molecular weight excluding hydrogens is 224 g/mol. The molecule has 0 spiro atoms. The monoisotopic (exact) mass is 248 g/mol. The molecule has 2 fully saturated rings. The largest absolute Gasteiger partial charge is 0.327 e. The lowest BCUT2D eigenvalue weighted by molar-refractivity contribution is 0.259. The van der Waals surface area contributed by atoms with Gasteiger partial charge in [-0.15, -0.1) is 0 Å². The SMILES string of the molecule is Cc1cc(CN2CC3CCCC(N)C3C2)n(C)n1. The topological polar surface area (TPSA) is 47.1 Å². The van der Waals surface area contributed by atoms with Gasteiger partial charge in [-0.05, 0) is 37.7 Å². The summed E-state index contributed by atoms with van der Waals surface area (Å²) in [6, 6.07) is 2.63. The highest BCUT2D eigenvalue weighted by Crippen LogP contribution is 2.35. The summed E-state index contributed by atoms with van der Waals surface area (Å²) in [5.74, 6) is 1.57. The van der Waals surface area contributed by atoms with Crippen molar-refractivity contribution in [3.63, 3.8) is 0 Å². The smallest absolute Gasteiger partial charge is 0.0597 e. The molecule has 3 unspecified atom stereocenters. The van der Waals surface area contributed by atoms with Crippen molar-refractivity contribution in [1.82, 2.24) is 14.7 Å². The van der Waals surface area contributed by atoms with E-state index in [4.69, 9.17) is 5.73 Å². The van der Waals surface area contributed by atoms with Crippen molar-refractivity contribution in [3.05, 3.63) is 17.5 Å². The van der Waals surface area contributed by atoms with Crippen LogP contribution in [0.15, 0.2) is 6.07 Å². The van der Waals surface area contributed by atoms with E-state index in [1.54, 1.807) is 0 Å². The van der Waals surface area contributed by atoms with E-state index in [9.17, 15) is 0 Å². The first kappa shape index (κ1) is 12.2. The van der Waals surface area contributed by atoms with E-state index < -0.39 is 0 Å².